The number of aromatic nitrogens is 1. The maximum atomic E-state index is 12.9. The van der Waals surface area contributed by atoms with Gasteiger partial charge in [-0.25, -0.2) is 8.42 Å². The van der Waals surface area contributed by atoms with E-state index < -0.39 is 15.9 Å². The molecule has 1 heterocycles. The van der Waals surface area contributed by atoms with Gasteiger partial charge in [0, 0.05) is 22.2 Å². The molecule has 0 radical (unpaired) electrons. The number of hydrogen-bond donors (Lipinski definition) is 2. The molecule has 0 saturated carbocycles. The van der Waals surface area contributed by atoms with Crippen molar-refractivity contribution < 1.29 is 18.0 Å². The minimum absolute atomic E-state index is 0.154. The highest BCUT2D eigenvalue weighted by Gasteiger charge is 2.17. The van der Waals surface area contributed by atoms with Gasteiger partial charge in [0.25, 0.3) is 5.91 Å². The molecule has 4 aromatic rings. The topological polar surface area (TPSA) is 111 Å². The fourth-order valence-electron chi connectivity index (χ4n) is 3.48. The fraction of sp³-hybridized carbons (Fsp3) is 0.0435. The first-order valence-electron chi connectivity index (χ1n) is 9.36. The fourth-order valence-corrected chi connectivity index (χ4v) is 4.04. The van der Waals surface area contributed by atoms with Gasteiger partial charge in [-0.2, -0.15) is 0 Å². The van der Waals surface area contributed by atoms with Crippen LogP contribution in [0.1, 0.15) is 26.4 Å². The standard InChI is InChI=1S/C23H19N3O4S/c1-31(29,30)25-18-11-10-16-13-21(23(24)28)26(20(16)14-18)19-9-5-8-17(12-19)22(27)15-6-3-2-4-7-15/h2-14,25H,1H3,(H2,24,28). The lowest BCUT2D eigenvalue weighted by molar-refractivity contribution is 0.0993. The summed E-state index contributed by atoms with van der Waals surface area (Å²) in [7, 11) is -3.48. The second kappa shape index (κ2) is 7.73. The minimum Gasteiger partial charge on any atom is -0.364 e. The Morgan fingerprint density at radius 1 is 0.871 bits per heavy atom. The summed E-state index contributed by atoms with van der Waals surface area (Å²) in [5.74, 6) is -0.799. The van der Waals surface area contributed by atoms with E-state index >= 15 is 0 Å². The zero-order valence-corrected chi connectivity index (χ0v) is 17.4. The number of hydrogen-bond acceptors (Lipinski definition) is 4. The van der Waals surface area contributed by atoms with Crippen molar-refractivity contribution in [3.63, 3.8) is 0 Å². The van der Waals surface area contributed by atoms with Crippen LogP contribution in [0.3, 0.4) is 0 Å². The normalized spacial score (nSPS) is 11.4. The highest BCUT2D eigenvalue weighted by Crippen LogP contribution is 2.28. The first kappa shape index (κ1) is 20.4. The number of nitrogens with two attached hydrogens (primary N) is 1. The molecule has 0 aliphatic rings. The van der Waals surface area contributed by atoms with E-state index in [9.17, 15) is 18.0 Å². The Balaban J connectivity index is 1.88. The first-order chi connectivity index (χ1) is 14.7. The SMILES string of the molecule is CS(=O)(=O)Nc1ccc2cc(C(N)=O)n(-c3cccc(C(=O)c4ccccc4)c3)c2c1. The van der Waals surface area contributed by atoms with Crippen molar-refractivity contribution in [2.75, 3.05) is 11.0 Å². The molecule has 0 atom stereocenters. The van der Waals surface area contributed by atoms with Crippen molar-refractivity contribution in [2.24, 2.45) is 5.73 Å². The number of nitrogens with one attached hydrogen (secondary N) is 1. The second-order valence-corrected chi connectivity index (χ2v) is 8.87. The number of fused-ring (bicyclic) bond motifs is 1. The van der Waals surface area contributed by atoms with E-state index in [1.165, 1.54) is 0 Å². The van der Waals surface area contributed by atoms with E-state index in [-0.39, 0.29) is 11.5 Å². The summed E-state index contributed by atoms with van der Waals surface area (Å²) in [5, 5.41) is 0.702. The largest absolute Gasteiger partial charge is 0.364 e. The van der Waals surface area contributed by atoms with Crippen molar-refractivity contribution >= 4 is 38.3 Å². The summed E-state index contributed by atoms with van der Waals surface area (Å²) in [6.07, 6.45) is 1.06. The Bertz CT molecular complexity index is 1420. The molecule has 0 spiro atoms. The maximum Gasteiger partial charge on any atom is 0.265 e. The highest BCUT2D eigenvalue weighted by molar-refractivity contribution is 7.92. The van der Waals surface area contributed by atoms with Crippen LogP contribution in [-0.4, -0.2) is 30.9 Å². The highest BCUT2D eigenvalue weighted by atomic mass is 32.2. The van der Waals surface area contributed by atoms with Crippen molar-refractivity contribution in [2.45, 2.75) is 0 Å². The van der Waals surface area contributed by atoms with Crippen molar-refractivity contribution in [1.29, 1.82) is 0 Å². The summed E-state index contributed by atoms with van der Waals surface area (Å²) in [4.78, 5) is 25.0. The van der Waals surface area contributed by atoms with Gasteiger partial charge in [-0.15, -0.1) is 0 Å². The Labute approximate surface area is 179 Å². The number of ketones is 1. The molecule has 1 amide bonds. The summed E-state index contributed by atoms with van der Waals surface area (Å²) in [6.45, 7) is 0. The Morgan fingerprint density at radius 2 is 1.58 bits per heavy atom. The van der Waals surface area contributed by atoms with E-state index in [0.717, 1.165) is 6.26 Å². The number of nitrogens with zero attached hydrogens (tertiary/aromatic N) is 1. The molecule has 156 valence electrons. The first-order valence-corrected chi connectivity index (χ1v) is 11.3. The van der Waals surface area contributed by atoms with Crippen LogP contribution in [0.5, 0.6) is 0 Å². The van der Waals surface area contributed by atoms with Crippen LogP contribution < -0.4 is 10.5 Å². The molecule has 4 rings (SSSR count). The summed E-state index contributed by atoms with van der Waals surface area (Å²) in [5.41, 5.74) is 8.31. The molecule has 0 unspecified atom stereocenters. The van der Waals surface area contributed by atoms with Gasteiger partial charge < -0.3 is 10.3 Å². The molecule has 8 heteroatoms. The number of sulfonamides is 1. The quantitative estimate of drug-likeness (QED) is 0.454. The lowest BCUT2D eigenvalue weighted by atomic mass is 10.0. The monoisotopic (exact) mass is 433 g/mol. The van der Waals surface area contributed by atoms with E-state index in [1.54, 1.807) is 77.4 Å². The Kier molecular flexibility index (Phi) is 5.08. The number of carbonyl (C=O) groups is 2. The van der Waals surface area contributed by atoms with Crippen LogP contribution in [0.15, 0.2) is 78.9 Å². The van der Waals surface area contributed by atoms with Gasteiger partial charge in [-0.05, 0) is 30.3 Å². The number of benzene rings is 3. The van der Waals surface area contributed by atoms with Gasteiger partial charge in [0.15, 0.2) is 5.78 Å². The lowest BCUT2D eigenvalue weighted by Crippen LogP contribution is -2.16. The lowest BCUT2D eigenvalue weighted by Gasteiger charge is -2.12. The van der Waals surface area contributed by atoms with Crippen LogP contribution in [0.2, 0.25) is 0 Å². The maximum absolute atomic E-state index is 12.9. The van der Waals surface area contributed by atoms with Gasteiger partial charge in [0.2, 0.25) is 10.0 Å². The molecule has 7 nitrogen and oxygen atoms in total. The zero-order chi connectivity index (χ0) is 22.2. The third-order valence-electron chi connectivity index (χ3n) is 4.76. The number of primary amides is 1. The molecule has 0 aliphatic carbocycles. The van der Waals surface area contributed by atoms with Crippen LogP contribution >= 0.6 is 0 Å². The molecule has 0 fully saturated rings. The van der Waals surface area contributed by atoms with E-state index in [0.29, 0.717) is 33.4 Å². The molecule has 0 bridgehead atoms. The second-order valence-electron chi connectivity index (χ2n) is 7.12. The number of anilines is 1. The van der Waals surface area contributed by atoms with Gasteiger partial charge in [-0.3, -0.25) is 14.3 Å². The predicted octanol–water partition coefficient (Wildman–Crippen LogP) is 3.33. The average molecular weight is 433 g/mol. The predicted molar refractivity (Wildman–Crippen MR) is 120 cm³/mol. The van der Waals surface area contributed by atoms with Gasteiger partial charge in [0.1, 0.15) is 5.69 Å². The smallest absolute Gasteiger partial charge is 0.265 e. The van der Waals surface area contributed by atoms with Gasteiger partial charge in [-0.1, -0.05) is 48.5 Å². The molecule has 3 N–H and O–H groups in total. The summed E-state index contributed by atoms with van der Waals surface area (Å²) >= 11 is 0. The van der Waals surface area contributed by atoms with Crippen LogP contribution in [0, 0.1) is 0 Å². The average Bonchev–Trinajstić information content (AvgIpc) is 3.12. The summed E-state index contributed by atoms with van der Waals surface area (Å²) < 4.78 is 27.3. The third-order valence-corrected chi connectivity index (χ3v) is 5.37. The Hall–Kier alpha value is -3.91. The van der Waals surface area contributed by atoms with Crippen LogP contribution in [0.4, 0.5) is 5.69 Å². The van der Waals surface area contributed by atoms with Crippen LogP contribution in [0.25, 0.3) is 16.6 Å². The van der Waals surface area contributed by atoms with E-state index in [1.807, 2.05) is 6.07 Å². The van der Waals surface area contributed by atoms with Crippen molar-refractivity contribution in [1.82, 2.24) is 4.57 Å². The van der Waals surface area contributed by atoms with Gasteiger partial charge >= 0.3 is 0 Å². The molecular weight excluding hydrogens is 414 g/mol. The van der Waals surface area contributed by atoms with Crippen molar-refractivity contribution in [3.05, 3.63) is 95.7 Å². The molecular formula is C23H19N3O4S. The van der Waals surface area contributed by atoms with Crippen molar-refractivity contribution in [3.8, 4) is 5.69 Å². The number of rotatable bonds is 6. The Morgan fingerprint density at radius 3 is 2.26 bits per heavy atom. The van der Waals surface area contributed by atoms with E-state index in [2.05, 4.69) is 4.72 Å². The number of carbonyl (C=O) groups excluding carboxylic acids is 2. The number of amides is 1. The molecule has 0 aliphatic heterocycles. The molecule has 31 heavy (non-hydrogen) atoms. The molecule has 0 saturated heterocycles. The third kappa shape index (κ3) is 4.19. The van der Waals surface area contributed by atoms with Gasteiger partial charge in [0.05, 0.1) is 17.5 Å². The molecule has 1 aromatic heterocycles. The summed E-state index contributed by atoms with van der Waals surface area (Å²) in [6, 6.07) is 22.3. The minimum atomic E-state index is -3.48. The van der Waals surface area contributed by atoms with Crippen LogP contribution in [-0.2, 0) is 10.0 Å². The van der Waals surface area contributed by atoms with E-state index in [4.69, 9.17) is 5.73 Å². The molecule has 3 aromatic carbocycles. The zero-order valence-electron chi connectivity index (χ0n) is 16.6.